The van der Waals surface area contributed by atoms with Crippen LogP contribution in [-0.2, 0) is 10.0 Å². The Hall–Kier alpha value is -2.99. The summed E-state index contributed by atoms with van der Waals surface area (Å²) in [5.74, 6) is -0.173. The summed E-state index contributed by atoms with van der Waals surface area (Å²) in [7, 11) is -3.33. The van der Waals surface area contributed by atoms with Gasteiger partial charge in [0.05, 0.1) is 27.6 Å². The summed E-state index contributed by atoms with van der Waals surface area (Å²) in [6, 6.07) is 5.89. The molecular formula is C24H25Cl2FN6O3S. The zero-order valence-corrected chi connectivity index (χ0v) is 22.5. The van der Waals surface area contributed by atoms with Gasteiger partial charge in [0.1, 0.15) is 11.9 Å². The van der Waals surface area contributed by atoms with Gasteiger partial charge in [-0.15, -0.1) is 0 Å². The van der Waals surface area contributed by atoms with Crippen LogP contribution < -0.4 is 20.1 Å². The first-order valence-electron chi connectivity index (χ1n) is 11.1. The van der Waals surface area contributed by atoms with E-state index in [0.29, 0.717) is 30.0 Å². The van der Waals surface area contributed by atoms with Crippen LogP contribution in [0.15, 0.2) is 42.9 Å². The molecule has 2 aromatic heterocycles. The molecule has 3 heterocycles. The van der Waals surface area contributed by atoms with Crippen molar-refractivity contribution in [1.29, 1.82) is 5.41 Å². The van der Waals surface area contributed by atoms with Crippen molar-refractivity contribution in [3.8, 4) is 5.75 Å². The second-order valence-corrected chi connectivity index (χ2v) is 11.8. The predicted molar refractivity (Wildman–Crippen MR) is 143 cm³/mol. The smallest absolute Gasteiger partial charge is 0.209 e. The van der Waals surface area contributed by atoms with E-state index in [0.717, 1.165) is 12.3 Å². The molecule has 9 nitrogen and oxygen atoms in total. The molecule has 1 saturated heterocycles. The molecule has 1 aliphatic heterocycles. The Labute approximate surface area is 224 Å². The van der Waals surface area contributed by atoms with Gasteiger partial charge in [-0.05, 0) is 32.0 Å². The van der Waals surface area contributed by atoms with Crippen LogP contribution in [0.2, 0.25) is 10.0 Å². The average molecular weight is 567 g/mol. The van der Waals surface area contributed by atoms with Crippen LogP contribution in [0.3, 0.4) is 0 Å². The van der Waals surface area contributed by atoms with E-state index in [9.17, 15) is 12.8 Å². The first-order chi connectivity index (χ1) is 17.3. The molecule has 0 spiro atoms. The van der Waals surface area contributed by atoms with E-state index < -0.39 is 27.5 Å². The number of ether oxygens (including phenoxy) is 1. The quantitative estimate of drug-likeness (QED) is 0.275. The van der Waals surface area contributed by atoms with Crippen LogP contribution in [0.25, 0.3) is 0 Å². The molecule has 0 unspecified atom stereocenters. The second-order valence-electron chi connectivity index (χ2n) is 9.22. The zero-order valence-electron chi connectivity index (χ0n) is 20.2. The lowest BCUT2D eigenvalue weighted by Gasteiger charge is -2.48. The Morgan fingerprint density at radius 2 is 1.89 bits per heavy atom. The van der Waals surface area contributed by atoms with E-state index in [1.807, 2.05) is 11.8 Å². The number of hydrogen-bond donors (Lipinski definition) is 3. The molecule has 37 heavy (non-hydrogen) atoms. The third kappa shape index (κ3) is 5.96. The van der Waals surface area contributed by atoms with E-state index in [1.165, 1.54) is 24.7 Å². The van der Waals surface area contributed by atoms with Crippen LogP contribution in [0.5, 0.6) is 5.75 Å². The molecule has 0 bridgehead atoms. The van der Waals surface area contributed by atoms with E-state index in [2.05, 4.69) is 14.7 Å². The minimum absolute atomic E-state index is 0.0289. The lowest BCUT2D eigenvalue weighted by atomic mass is 9.93. The minimum atomic E-state index is -3.33. The molecular weight excluding hydrogens is 542 g/mol. The summed E-state index contributed by atoms with van der Waals surface area (Å²) in [4.78, 5) is 10.2. The Kier molecular flexibility index (Phi) is 7.35. The van der Waals surface area contributed by atoms with E-state index in [-0.39, 0.29) is 32.8 Å². The minimum Gasteiger partial charge on any atom is -0.483 e. The first-order valence-corrected chi connectivity index (χ1v) is 13.7. The van der Waals surface area contributed by atoms with Crippen molar-refractivity contribution in [3.63, 3.8) is 0 Å². The number of aromatic nitrogens is 2. The molecule has 4 rings (SSSR count). The number of rotatable bonds is 8. The Balaban J connectivity index is 1.51. The summed E-state index contributed by atoms with van der Waals surface area (Å²) in [5.41, 5.74) is 6.74. The third-order valence-electron chi connectivity index (χ3n) is 5.85. The Bertz CT molecular complexity index is 1440. The third-order valence-corrected chi connectivity index (χ3v) is 7.31. The molecule has 1 fully saturated rings. The number of nitrogens with one attached hydrogen (secondary N) is 2. The molecule has 0 aliphatic carbocycles. The van der Waals surface area contributed by atoms with E-state index in [1.54, 1.807) is 19.1 Å². The van der Waals surface area contributed by atoms with Gasteiger partial charge >= 0.3 is 0 Å². The van der Waals surface area contributed by atoms with Crippen LogP contribution in [-0.4, -0.2) is 49.0 Å². The highest BCUT2D eigenvalue weighted by atomic mass is 35.5. The highest BCUT2D eigenvalue weighted by molar-refractivity contribution is 7.88. The molecule has 0 amide bonds. The number of sulfonamides is 1. The number of benzene rings is 1. The monoisotopic (exact) mass is 566 g/mol. The summed E-state index contributed by atoms with van der Waals surface area (Å²) in [6.07, 6.45) is 4.77. The molecule has 196 valence electrons. The molecule has 4 N–H and O–H groups in total. The van der Waals surface area contributed by atoms with Crippen LogP contribution in [0, 0.1) is 11.2 Å². The number of hydrogen-bond acceptors (Lipinski definition) is 8. The summed E-state index contributed by atoms with van der Waals surface area (Å²) >= 11 is 12.4. The number of halogens is 3. The normalized spacial score (nSPS) is 15.7. The first kappa shape index (κ1) is 27.1. The van der Waals surface area contributed by atoms with Crippen LogP contribution in [0.4, 0.5) is 15.9 Å². The van der Waals surface area contributed by atoms with Crippen molar-refractivity contribution < 1.29 is 17.5 Å². The highest BCUT2D eigenvalue weighted by Crippen LogP contribution is 2.35. The summed E-state index contributed by atoms with van der Waals surface area (Å²) in [5, 5.41) is 9.22. The van der Waals surface area contributed by atoms with Gasteiger partial charge in [0.2, 0.25) is 10.0 Å². The van der Waals surface area contributed by atoms with Crippen molar-refractivity contribution in [3.05, 3.63) is 75.4 Å². The van der Waals surface area contributed by atoms with Gasteiger partial charge < -0.3 is 15.4 Å². The van der Waals surface area contributed by atoms with Gasteiger partial charge in [0.25, 0.3) is 0 Å². The summed E-state index contributed by atoms with van der Waals surface area (Å²) < 4.78 is 46.2. The zero-order chi connectivity index (χ0) is 27.1. The van der Waals surface area contributed by atoms with Gasteiger partial charge in [0.15, 0.2) is 11.6 Å². The lowest BCUT2D eigenvalue weighted by Crippen LogP contribution is -2.68. The van der Waals surface area contributed by atoms with Crippen molar-refractivity contribution in [2.75, 3.05) is 30.0 Å². The molecule has 0 radical (unpaired) electrons. The Morgan fingerprint density at radius 3 is 2.46 bits per heavy atom. The number of pyridine rings is 2. The topological polar surface area (TPSA) is 134 Å². The van der Waals surface area contributed by atoms with Gasteiger partial charge in [-0.25, -0.2) is 22.5 Å². The Morgan fingerprint density at radius 1 is 1.24 bits per heavy atom. The van der Waals surface area contributed by atoms with Crippen molar-refractivity contribution in [2.24, 2.45) is 0 Å². The number of anilines is 2. The van der Waals surface area contributed by atoms with E-state index in [4.69, 9.17) is 39.1 Å². The maximum Gasteiger partial charge on any atom is 0.209 e. The van der Waals surface area contributed by atoms with Crippen molar-refractivity contribution in [1.82, 2.24) is 14.7 Å². The molecule has 3 aromatic rings. The maximum atomic E-state index is 14.7. The van der Waals surface area contributed by atoms with Gasteiger partial charge in [0, 0.05) is 60.1 Å². The molecule has 1 aromatic carbocycles. The fourth-order valence-electron chi connectivity index (χ4n) is 4.28. The van der Waals surface area contributed by atoms with Gasteiger partial charge in [-0.3, -0.25) is 10.4 Å². The van der Waals surface area contributed by atoms with Gasteiger partial charge in [-0.1, -0.05) is 23.2 Å². The number of nitrogens with zero attached hydrogens (tertiary/aromatic N) is 3. The lowest BCUT2D eigenvalue weighted by molar-refractivity contribution is 0.216. The largest absolute Gasteiger partial charge is 0.483 e. The fraction of sp³-hybridized carbons (Fsp3) is 0.292. The standard InChI is InChI=1S/C24H25Cl2FN6O3S/c1-13(22-16(25)9-30-10-17(22)26)36-20-6-15(19(28)7-18(20)27)23(29)14-4-5-21(31-8-14)33-11-24(2,12-33)32-37(3,34)35/h4-10,13,29,32H,11-12,28H2,1-3H3/t13-/m1/s1. The molecule has 1 aliphatic rings. The SMILES string of the molecule is C[C@@H](Oc1cc(C(=N)c2ccc(N3CC(C)(NS(C)(=O)=O)C3)nc2)c(N)cc1F)c1c(Cl)cncc1Cl. The second kappa shape index (κ2) is 10.1. The van der Waals surface area contributed by atoms with Crippen LogP contribution >= 0.6 is 23.2 Å². The highest BCUT2D eigenvalue weighted by Gasteiger charge is 2.41. The number of nitrogens with two attached hydrogens (primary N) is 1. The van der Waals surface area contributed by atoms with Crippen molar-refractivity contribution in [2.45, 2.75) is 25.5 Å². The summed E-state index contributed by atoms with van der Waals surface area (Å²) in [6.45, 7) is 4.41. The molecule has 1 atom stereocenters. The fourth-order valence-corrected chi connectivity index (χ4v) is 5.98. The molecule has 0 saturated carbocycles. The maximum absolute atomic E-state index is 14.7. The van der Waals surface area contributed by atoms with Crippen molar-refractivity contribution >= 4 is 50.4 Å². The average Bonchev–Trinajstić information content (AvgIpc) is 2.77. The molecule has 13 heteroatoms. The number of nitrogen functional groups attached to an aromatic ring is 1. The van der Waals surface area contributed by atoms with E-state index >= 15 is 0 Å². The van der Waals surface area contributed by atoms with Gasteiger partial charge in [-0.2, -0.15) is 0 Å². The predicted octanol–water partition coefficient (Wildman–Crippen LogP) is 4.19. The van der Waals surface area contributed by atoms with Crippen LogP contribution in [0.1, 0.15) is 36.6 Å².